The van der Waals surface area contributed by atoms with Crippen molar-refractivity contribution in [2.24, 2.45) is 5.92 Å². The summed E-state index contributed by atoms with van der Waals surface area (Å²) in [6.07, 6.45) is 4.25. The fourth-order valence-electron chi connectivity index (χ4n) is 2.59. The topological polar surface area (TPSA) is 38.3 Å². The predicted octanol–water partition coefficient (Wildman–Crippen LogP) is 4.40. The van der Waals surface area contributed by atoms with Gasteiger partial charge >= 0.3 is 0 Å². The van der Waals surface area contributed by atoms with Crippen LogP contribution in [0.25, 0.3) is 0 Å². The van der Waals surface area contributed by atoms with Gasteiger partial charge in [-0.25, -0.2) is 0 Å². The molecule has 0 bridgehead atoms. The Morgan fingerprint density at radius 3 is 2.36 bits per heavy atom. The SMILES string of the molecule is CCCC[C@H](CC)CNC(=O)[C@H](C)Oc1cc(C)cc(C)c1. The lowest BCUT2D eigenvalue weighted by Gasteiger charge is -2.19. The van der Waals surface area contributed by atoms with Crippen molar-refractivity contribution in [3.8, 4) is 5.75 Å². The molecule has 0 fully saturated rings. The summed E-state index contributed by atoms with van der Waals surface area (Å²) in [7, 11) is 0. The van der Waals surface area contributed by atoms with Crippen LogP contribution < -0.4 is 10.1 Å². The number of unbranched alkanes of at least 4 members (excludes halogenated alkanes) is 1. The maximum atomic E-state index is 12.2. The van der Waals surface area contributed by atoms with Crippen LogP contribution in [0, 0.1) is 19.8 Å². The molecular formula is C19H31NO2. The van der Waals surface area contributed by atoms with Gasteiger partial charge in [-0.2, -0.15) is 0 Å². The molecule has 22 heavy (non-hydrogen) atoms. The summed E-state index contributed by atoms with van der Waals surface area (Å²) in [6.45, 7) is 11.0. The number of ether oxygens (including phenoxy) is 1. The third kappa shape index (κ3) is 6.50. The van der Waals surface area contributed by atoms with Gasteiger partial charge < -0.3 is 10.1 Å². The van der Waals surface area contributed by atoms with Crippen molar-refractivity contribution in [1.29, 1.82) is 0 Å². The maximum Gasteiger partial charge on any atom is 0.260 e. The third-order valence-corrected chi connectivity index (χ3v) is 3.99. The molecule has 1 aromatic carbocycles. The summed E-state index contributed by atoms with van der Waals surface area (Å²) >= 11 is 0. The second-order valence-corrected chi connectivity index (χ2v) is 6.25. The monoisotopic (exact) mass is 305 g/mol. The lowest BCUT2D eigenvalue weighted by atomic mass is 9.99. The van der Waals surface area contributed by atoms with Crippen LogP contribution >= 0.6 is 0 Å². The van der Waals surface area contributed by atoms with Crippen LogP contribution in [0.2, 0.25) is 0 Å². The number of amides is 1. The maximum absolute atomic E-state index is 12.2. The average Bonchev–Trinajstić information content (AvgIpc) is 2.46. The Labute approximate surface area is 135 Å². The molecule has 0 unspecified atom stereocenters. The molecule has 0 aliphatic carbocycles. The van der Waals surface area contributed by atoms with E-state index in [0.717, 1.165) is 29.8 Å². The summed E-state index contributed by atoms with van der Waals surface area (Å²) in [5.41, 5.74) is 2.29. The lowest BCUT2D eigenvalue weighted by molar-refractivity contribution is -0.127. The van der Waals surface area contributed by atoms with Crippen molar-refractivity contribution in [2.75, 3.05) is 6.54 Å². The molecule has 124 valence electrons. The highest BCUT2D eigenvalue weighted by molar-refractivity contribution is 5.80. The van der Waals surface area contributed by atoms with Gasteiger partial charge in [-0.1, -0.05) is 39.2 Å². The van der Waals surface area contributed by atoms with Gasteiger partial charge in [-0.3, -0.25) is 4.79 Å². The zero-order valence-electron chi connectivity index (χ0n) is 14.7. The van der Waals surface area contributed by atoms with Gasteiger partial charge in [0, 0.05) is 6.54 Å². The Bertz CT molecular complexity index is 450. The van der Waals surface area contributed by atoms with E-state index in [-0.39, 0.29) is 5.91 Å². The van der Waals surface area contributed by atoms with Gasteiger partial charge in [0.25, 0.3) is 5.91 Å². The molecule has 0 radical (unpaired) electrons. The molecule has 0 heterocycles. The van der Waals surface area contributed by atoms with E-state index in [1.54, 1.807) is 6.92 Å². The molecule has 1 aromatic rings. The van der Waals surface area contributed by atoms with Crippen LogP contribution in [0.5, 0.6) is 5.75 Å². The first kappa shape index (κ1) is 18.5. The van der Waals surface area contributed by atoms with Gasteiger partial charge in [0.1, 0.15) is 5.75 Å². The van der Waals surface area contributed by atoms with E-state index in [0.29, 0.717) is 5.92 Å². The normalized spacial score (nSPS) is 13.5. The van der Waals surface area contributed by atoms with Crippen molar-refractivity contribution in [3.05, 3.63) is 29.3 Å². The van der Waals surface area contributed by atoms with Crippen molar-refractivity contribution in [2.45, 2.75) is 66.4 Å². The van der Waals surface area contributed by atoms with Gasteiger partial charge in [0.2, 0.25) is 0 Å². The molecule has 0 aromatic heterocycles. The summed E-state index contributed by atoms with van der Waals surface area (Å²) in [5.74, 6) is 1.30. The summed E-state index contributed by atoms with van der Waals surface area (Å²) in [6, 6.07) is 6.02. The largest absolute Gasteiger partial charge is 0.481 e. The van der Waals surface area contributed by atoms with E-state index in [9.17, 15) is 4.79 Å². The Balaban J connectivity index is 2.47. The summed E-state index contributed by atoms with van der Waals surface area (Å²) in [5, 5.41) is 3.03. The van der Waals surface area contributed by atoms with Crippen molar-refractivity contribution >= 4 is 5.91 Å². The summed E-state index contributed by atoms with van der Waals surface area (Å²) < 4.78 is 5.77. The zero-order valence-corrected chi connectivity index (χ0v) is 14.7. The van der Waals surface area contributed by atoms with Crippen LogP contribution in [-0.4, -0.2) is 18.6 Å². The second kappa shape index (κ2) is 9.50. The van der Waals surface area contributed by atoms with Gasteiger partial charge in [-0.15, -0.1) is 0 Å². The predicted molar refractivity (Wildman–Crippen MR) is 92.3 cm³/mol. The third-order valence-electron chi connectivity index (χ3n) is 3.99. The fourth-order valence-corrected chi connectivity index (χ4v) is 2.59. The van der Waals surface area contributed by atoms with E-state index >= 15 is 0 Å². The number of carbonyl (C=O) groups is 1. The van der Waals surface area contributed by atoms with Gasteiger partial charge in [0.05, 0.1) is 0 Å². The standard InChI is InChI=1S/C19H31NO2/c1-6-8-9-17(7-2)13-20-19(21)16(5)22-18-11-14(3)10-15(4)12-18/h10-12,16-17H,6-9,13H2,1-5H3,(H,20,21)/t16-,17-/m0/s1. The van der Waals surface area contributed by atoms with Crippen LogP contribution in [0.1, 0.15) is 57.6 Å². The lowest BCUT2D eigenvalue weighted by Crippen LogP contribution is -2.38. The first-order valence-corrected chi connectivity index (χ1v) is 8.48. The van der Waals surface area contributed by atoms with Crippen LogP contribution in [0.15, 0.2) is 18.2 Å². The number of nitrogens with one attached hydrogen (secondary N) is 1. The molecule has 3 heteroatoms. The first-order valence-electron chi connectivity index (χ1n) is 8.48. The zero-order chi connectivity index (χ0) is 16.5. The van der Waals surface area contributed by atoms with E-state index in [4.69, 9.17) is 4.74 Å². The molecule has 3 nitrogen and oxygen atoms in total. The molecular weight excluding hydrogens is 274 g/mol. The van der Waals surface area contributed by atoms with Crippen molar-refractivity contribution in [3.63, 3.8) is 0 Å². The number of benzene rings is 1. The smallest absolute Gasteiger partial charge is 0.260 e. The van der Waals surface area contributed by atoms with Crippen molar-refractivity contribution < 1.29 is 9.53 Å². The Hall–Kier alpha value is -1.51. The molecule has 1 N–H and O–H groups in total. The van der Waals surface area contributed by atoms with Crippen LogP contribution in [0.4, 0.5) is 0 Å². The number of carbonyl (C=O) groups excluding carboxylic acids is 1. The molecule has 0 spiro atoms. The van der Waals surface area contributed by atoms with Crippen molar-refractivity contribution in [1.82, 2.24) is 5.32 Å². The average molecular weight is 305 g/mol. The Morgan fingerprint density at radius 1 is 1.18 bits per heavy atom. The van der Waals surface area contributed by atoms with E-state index in [1.165, 1.54) is 19.3 Å². The van der Waals surface area contributed by atoms with E-state index in [2.05, 4.69) is 25.2 Å². The highest BCUT2D eigenvalue weighted by Gasteiger charge is 2.16. The van der Waals surface area contributed by atoms with E-state index in [1.807, 2.05) is 26.0 Å². The molecule has 0 aliphatic heterocycles. The molecule has 1 amide bonds. The quantitative estimate of drug-likeness (QED) is 0.734. The highest BCUT2D eigenvalue weighted by atomic mass is 16.5. The van der Waals surface area contributed by atoms with E-state index < -0.39 is 6.10 Å². The summed E-state index contributed by atoms with van der Waals surface area (Å²) in [4.78, 5) is 12.2. The highest BCUT2D eigenvalue weighted by Crippen LogP contribution is 2.18. The Kier molecular flexibility index (Phi) is 8.00. The number of hydrogen-bond donors (Lipinski definition) is 1. The number of rotatable bonds is 9. The van der Waals surface area contributed by atoms with Gasteiger partial charge in [-0.05, 0) is 56.4 Å². The minimum absolute atomic E-state index is 0.0332. The second-order valence-electron chi connectivity index (χ2n) is 6.25. The van der Waals surface area contributed by atoms with Gasteiger partial charge in [0.15, 0.2) is 6.10 Å². The molecule has 2 atom stereocenters. The molecule has 0 saturated heterocycles. The molecule has 0 saturated carbocycles. The first-order chi connectivity index (χ1) is 10.5. The minimum Gasteiger partial charge on any atom is -0.481 e. The minimum atomic E-state index is -0.468. The number of aryl methyl sites for hydroxylation is 2. The Morgan fingerprint density at radius 2 is 1.82 bits per heavy atom. The fraction of sp³-hybridized carbons (Fsp3) is 0.632. The molecule has 0 aliphatic rings. The molecule has 1 rings (SSSR count). The van der Waals surface area contributed by atoms with Crippen LogP contribution in [0.3, 0.4) is 0 Å². The number of hydrogen-bond acceptors (Lipinski definition) is 2. The van der Waals surface area contributed by atoms with Crippen LogP contribution in [-0.2, 0) is 4.79 Å².